The lowest BCUT2D eigenvalue weighted by Gasteiger charge is -2.21. The van der Waals surface area contributed by atoms with E-state index in [1.807, 2.05) is 0 Å². The number of phosphoric ester groups is 2. The van der Waals surface area contributed by atoms with Crippen LogP contribution in [0.5, 0.6) is 0 Å². The number of unbranched alkanes of at least 4 members (excludes halogenated alkanes) is 39. The maximum atomic E-state index is 13.0. The van der Waals surface area contributed by atoms with Crippen LogP contribution in [0.25, 0.3) is 0 Å². The Kier molecular flexibility index (Phi) is 62.4. The third-order valence-corrected chi connectivity index (χ3v) is 18.8. The summed E-state index contributed by atoms with van der Waals surface area (Å²) in [6.07, 6.45) is 48.9. The first kappa shape index (κ1) is 90.1. The van der Waals surface area contributed by atoms with Gasteiger partial charge in [0.25, 0.3) is 0 Å². The Balaban J connectivity index is 5.17. The standard InChI is InChI=1S/C73H142O17P2/c1-8-9-10-11-12-13-27-33-42-49-56-72(77)90-69(61-84-71(76)55-48-41-36-35-39-46-53-66(6)7)63-88-92(81,82)86-59-67(74)58-85-91(79,80)87-62-68(60-83-70(75)54-47-40-32-29-24-26-31-38-45-52-65(4)5)89-73(78)57-50-43-34-28-23-21-19-17-15-14-16-18-20-22-25-30-37-44-51-64(2)3/h64-69,74H,8-63H2,1-7H3,(H,79,80)(H,81,82)/t67-,68-,69-/m1/s1. The number of ether oxygens (including phenoxy) is 4. The number of aliphatic hydroxyl groups is 1. The summed E-state index contributed by atoms with van der Waals surface area (Å²) in [4.78, 5) is 72.5. The van der Waals surface area contributed by atoms with Crippen molar-refractivity contribution in [1.29, 1.82) is 0 Å². The van der Waals surface area contributed by atoms with Gasteiger partial charge in [0.05, 0.1) is 26.4 Å². The van der Waals surface area contributed by atoms with Crippen molar-refractivity contribution in [2.45, 2.75) is 388 Å². The molecular formula is C73H142O17P2. The number of hydrogen-bond acceptors (Lipinski definition) is 15. The molecule has 0 aliphatic heterocycles. The van der Waals surface area contributed by atoms with Crippen molar-refractivity contribution >= 4 is 39.5 Å². The van der Waals surface area contributed by atoms with Crippen LogP contribution in [0.1, 0.15) is 370 Å². The van der Waals surface area contributed by atoms with Crippen LogP contribution in [-0.4, -0.2) is 96.7 Å². The molecule has 0 rings (SSSR count). The fourth-order valence-electron chi connectivity index (χ4n) is 11.1. The van der Waals surface area contributed by atoms with E-state index in [0.29, 0.717) is 31.6 Å². The quantitative estimate of drug-likeness (QED) is 0.0222. The Morgan fingerprint density at radius 2 is 0.500 bits per heavy atom. The molecule has 0 aliphatic rings. The number of phosphoric acid groups is 2. The van der Waals surface area contributed by atoms with E-state index in [-0.39, 0.29) is 25.7 Å². The van der Waals surface area contributed by atoms with Crippen LogP contribution >= 0.6 is 15.6 Å². The molecule has 0 aromatic heterocycles. The third-order valence-electron chi connectivity index (χ3n) is 16.9. The van der Waals surface area contributed by atoms with E-state index in [9.17, 15) is 43.2 Å². The van der Waals surface area contributed by atoms with Gasteiger partial charge in [0.2, 0.25) is 0 Å². The van der Waals surface area contributed by atoms with Crippen LogP contribution in [0.15, 0.2) is 0 Å². The van der Waals surface area contributed by atoms with Gasteiger partial charge in [-0.25, -0.2) is 9.13 Å². The molecule has 0 saturated carbocycles. The molecule has 17 nitrogen and oxygen atoms in total. The molecule has 546 valence electrons. The molecule has 5 atom stereocenters. The van der Waals surface area contributed by atoms with Crippen LogP contribution in [0.4, 0.5) is 0 Å². The molecule has 0 aromatic carbocycles. The molecule has 0 spiro atoms. The molecule has 0 aromatic rings. The van der Waals surface area contributed by atoms with Crippen molar-refractivity contribution in [2.24, 2.45) is 17.8 Å². The van der Waals surface area contributed by atoms with E-state index in [1.54, 1.807) is 0 Å². The molecule has 2 unspecified atom stereocenters. The molecule has 19 heteroatoms. The SMILES string of the molecule is CCCCCCCCCCCCC(=O)O[C@H](COC(=O)CCCCCCCCC(C)C)COP(=O)(O)OC[C@H](O)COP(=O)(O)OC[C@@H](COC(=O)CCCCCCCCCCCC(C)C)OC(=O)CCCCCCCCCCCCCCCCCCCCC(C)C. The molecule has 0 aliphatic carbocycles. The van der Waals surface area contributed by atoms with Gasteiger partial charge in [-0.3, -0.25) is 37.3 Å². The van der Waals surface area contributed by atoms with Gasteiger partial charge in [-0.15, -0.1) is 0 Å². The Morgan fingerprint density at radius 1 is 0.293 bits per heavy atom. The average Bonchev–Trinajstić information content (AvgIpc) is 2.06. The number of esters is 4. The van der Waals surface area contributed by atoms with Gasteiger partial charge in [-0.2, -0.15) is 0 Å². The zero-order chi connectivity index (χ0) is 68.0. The van der Waals surface area contributed by atoms with Crippen molar-refractivity contribution in [1.82, 2.24) is 0 Å². The van der Waals surface area contributed by atoms with E-state index in [2.05, 4.69) is 48.5 Å². The summed E-state index contributed by atoms with van der Waals surface area (Å²) in [6, 6.07) is 0. The maximum Gasteiger partial charge on any atom is 0.472 e. The summed E-state index contributed by atoms with van der Waals surface area (Å²) in [5, 5.41) is 10.6. The van der Waals surface area contributed by atoms with Crippen LogP contribution in [0, 0.1) is 17.8 Å². The van der Waals surface area contributed by atoms with Gasteiger partial charge in [0.15, 0.2) is 12.2 Å². The first-order valence-electron chi connectivity index (χ1n) is 37.8. The highest BCUT2D eigenvalue weighted by molar-refractivity contribution is 7.47. The summed E-state index contributed by atoms with van der Waals surface area (Å²) in [5.74, 6) is 0.118. The highest BCUT2D eigenvalue weighted by Gasteiger charge is 2.30. The number of aliphatic hydroxyl groups excluding tert-OH is 1. The first-order chi connectivity index (χ1) is 44.2. The summed E-state index contributed by atoms with van der Waals surface area (Å²) in [6.45, 7) is 11.8. The van der Waals surface area contributed by atoms with Gasteiger partial charge < -0.3 is 33.8 Å². The van der Waals surface area contributed by atoms with Crippen molar-refractivity contribution < 1.29 is 80.2 Å². The van der Waals surface area contributed by atoms with E-state index in [0.717, 1.165) is 108 Å². The van der Waals surface area contributed by atoms with Gasteiger partial charge >= 0.3 is 39.5 Å². The lowest BCUT2D eigenvalue weighted by atomic mass is 10.0. The van der Waals surface area contributed by atoms with E-state index < -0.39 is 97.5 Å². The van der Waals surface area contributed by atoms with Gasteiger partial charge in [0, 0.05) is 25.7 Å². The van der Waals surface area contributed by atoms with E-state index in [4.69, 9.17) is 37.0 Å². The first-order valence-corrected chi connectivity index (χ1v) is 40.8. The fraction of sp³-hybridized carbons (Fsp3) is 0.945. The third kappa shape index (κ3) is 66.7. The smallest absolute Gasteiger partial charge is 0.462 e. The Bertz CT molecular complexity index is 1800. The molecule has 0 fully saturated rings. The second-order valence-corrected chi connectivity index (χ2v) is 30.7. The summed E-state index contributed by atoms with van der Waals surface area (Å²) < 4.78 is 68.3. The molecule has 92 heavy (non-hydrogen) atoms. The molecule has 0 heterocycles. The Morgan fingerprint density at radius 3 is 0.739 bits per heavy atom. The highest BCUT2D eigenvalue weighted by Crippen LogP contribution is 2.45. The molecule has 0 radical (unpaired) electrons. The topological polar surface area (TPSA) is 237 Å². The van der Waals surface area contributed by atoms with Gasteiger partial charge in [-0.1, -0.05) is 318 Å². The zero-order valence-electron chi connectivity index (χ0n) is 60.0. The summed E-state index contributed by atoms with van der Waals surface area (Å²) >= 11 is 0. The second kappa shape index (κ2) is 63.8. The molecule has 0 amide bonds. The van der Waals surface area contributed by atoms with Crippen LogP contribution in [0.3, 0.4) is 0 Å². The minimum absolute atomic E-state index is 0.105. The second-order valence-electron chi connectivity index (χ2n) is 27.8. The van der Waals surface area contributed by atoms with Crippen LogP contribution in [-0.2, 0) is 65.4 Å². The van der Waals surface area contributed by atoms with Crippen molar-refractivity contribution in [3.8, 4) is 0 Å². The Hall–Kier alpha value is -1.94. The fourth-order valence-corrected chi connectivity index (χ4v) is 12.7. The minimum Gasteiger partial charge on any atom is -0.462 e. The predicted octanol–water partition coefficient (Wildman–Crippen LogP) is 21.0. The normalized spacial score (nSPS) is 14.1. The van der Waals surface area contributed by atoms with E-state index in [1.165, 1.54) is 173 Å². The molecular weight excluding hydrogens is 1210 g/mol. The molecule has 3 N–H and O–H groups in total. The zero-order valence-corrected chi connectivity index (χ0v) is 61.8. The maximum absolute atomic E-state index is 13.0. The average molecular weight is 1350 g/mol. The van der Waals surface area contributed by atoms with Gasteiger partial charge in [-0.05, 0) is 43.4 Å². The summed E-state index contributed by atoms with van der Waals surface area (Å²) in [5.41, 5.74) is 0. The number of carbonyl (C=O) groups is 4. The minimum atomic E-state index is -4.95. The number of hydrogen-bond donors (Lipinski definition) is 3. The van der Waals surface area contributed by atoms with Crippen molar-refractivity contribution in [3.63, 3.8) is 0 Å². The lowest BCUT2D eigenvalue weighted by molar-refractivity contribution is -0.161. The van der Waals surface area contributed by atoms with Crippen LogP contribution < -0.4 is 0 Å². The van der Waals surface area contributed by atoms with E-state index >= 15 is 0 Å². The monoisotopic (exact) mass is 1350 g/mol. The molecule has 0 bridgehead atoms. The van der Waals surface area contributed by atoms with Gasteiger partial charge in [0.1, 0.15) is 19.3 Å². The lowest BCUT2D eigenvalue weighted by Crippen LogP contribution is -2.30. The molecule has 0 saturated heterocycles. The van der Waals surface area contributed by atoms with Crippen molar-refractivity contribution in [3.05, 3.63) is 0 Å². The Labute approximate surface area is 562 Å². The van der Waals surface area contributed by atoms with Crippen molar-refractivity contribution in [2.75, 3.05) is 39.6 Å². The predicted molar refractivity (Wildman–Crippen MR) is 372 cm³/mol. The largest absolute Gasteiger partial charge is 0.472 e. The highest BCUT2D eigenvalue weighted by atomic mass is 31.2. The summed E-state index contributed by atoms with van der Waals surface area (Å²) in [7, 11) is -9.90. The number of carbonyl (C=O) groups excluding carboxylic acids is 4. The number of rotatable bonds is 71. The van der Waals surface area contributed by atoms with Crippen LogP contribution in [0.2, 0.25) is 0 Å².